The quantitative estimate of drug-likeness (QED) is 0.304. The minimum atomic E-state index is -1.53. The lowest BCUT2D eigenvalue weighted by Crippen LogP contribution is -2.71. The van der Waals surface area contributed by atoms with Crippen LogP contribution in [0.5, 0.6) is 0 Å². The van der Waals surface area contributed by atoms with Crippen molar-refractivity contribution >= 4 is 0 Å². The molecule has 4 nitrogen and oxygen atoms in total. The first-order valence-electron chi connectivity index (χ1n) is 2.74. The van der Waals surface area contributed by atoms with E-state index >= 15 is 0 Å². The molecule has 0 bridgehead atoms. The highest BCUT2D eigenvalue weighted by Crippen LogP contribution is 2.32. The molecule has 2 unspecified atom stereocenters. The van der Waals surface area contributed by atoms with Crippen LogP contribution in [0, 0.1) is 0 Å². The fourth-order valence-electron chi connectivity index (χ4n) is 0.921. The lowest BCUT2D eigenvalue weighted by molar-refractivity contribution is -0.276. The highest BCUT2D eigenvalue weighted by molar-refractivity contribution is 5.08. The molecule has 0 saturated heterocycles. The Morgan fingerprint density at radius 2 is 1.44 bits per heavy atom. The third kappa shape index (κ3) is 0.679. The topological polar surface area (TPSA) is 80.9 Å². The first-order chi connectivity index (χ1) is 3.98. The fourth-order valence-corrected chi connectivity index (χ4v) is 0.921. The summed E-state index contributed by atoms with van der Waals surface area (Å²) in [5.74, 6) is 0. The van der Waals surface area contributed by atoms with Gasteiger partial charge < -0.3 is 20.4 Å². The van der Waals surface area contributed by atoms with Gasteiger partial charge in [0.1, 0.15) is 23.9 Å². The van der Waals surface area contributed by atoms with Gasteiger partial charge in [0.15, 0.2) is 0 Å². The molecule has 1 aliphatic rings. The summed E-state index contributed by atoms with van der Waals surface area (Å²) in [7, 11) is 0. The summed E-state index contributed by atoms with van der Waals surface area (Å²) in [6.07, 6.45) is -3.63. The summed E-state index contributed by atoms with van der Waals surface area (Å²) in [5.41, 5.74) is -1.53. The van der Waals surface area contributed by atoms with E-state index in [1.54, 1.807) is 0 Å². The molecule has 4 N–H and O–H groups in total. The normalized spacial score (nSPS) is 59.0. The number of hydrogen-bond acceptors (Lipinski definition) is 4. The molecule has 1 rings (SSSR count). The van der Waals surface area contributed by atoms with E-state index in [-0.39, 0.29) is 0 Å². The van der Waals surface area contributed by atoms with Crippen molar-refractivity contribution in [3.63, 3.8) is 0 Å². The van der Waals surface area contributed by atoms with Crippen LogP contribution in [0.2, 0.25) is 0 Å². The molecule has 0 heterocycles. The van der Waals surface area contributed by atoms with Crippen molar-refractivity contribution in [1.82, 2.24) is 0 Å². The second-order valence-corrected chi connectivity index (χ2v) is 2.61. The Balaban J connectivity index is 2.62. The van der Waals surface area contributed by atoms with Crippen LogP contribution in [0.4, 0.5) is 0 Å². The summed E-state index contributed by atoms with van der Waals surface area (Å²) >= 11 is 0. The Hall–Kier alpha value is -0.160. The van der Waals surface area contributed by atoms with E-state index in [9.17, 15) is 0 Å². The van der Waals surface area contributed by atoms with Gasteiger partial charge >= 0.3 is 0 Å². The van der Waals surface area contributed by atoms with E-state index in [0.29, 0.717) is 0 Å². The van der Waals surface area contributed by atoms with Crippen LogP contribution in [-0.2, 0) is 0 Å². The smallest absolute Gasteiger partial charge is 0.119 e. The van der Waals surface area contributed by atoms with E-state index in [0.717, 1.165) is 0 Å². The van der Waals surface area contributed by atoms with Gasteiger partial charge in [0.2, 0.25) is 0 Å². The minimum absolute atomic E-state index is 1.19. The molecular weight excluding hydrogens is 124 g/mol. The Labute approximate surface area is 52.4 Å². The number of aliphatic hydroxyl groups is 4. The van der Waals surface area contributed by atoms with E-state index in [4.69, 9.17) is 20.4 Å². The lowest BCUT2D eigenvalue weighted by Gasteiger charge is -2.48. The molecule has 0 radical (unpaired) electrons. The molecule has 0 aromatic carbocycles. The van der Waals surface area contributed by atoms with Crippen molar-refractivity contribution in [1.29, 1.82) is 0 Å². The average Bonchev–Trinajstić information content (AvgIpc) is 1.84. The standard InChI is InChI=1S/C5H10O4/c1-5(9)3(7)2(6)4(5)8/h2-4,6-9H,1H3. The number of aliphatic hydroxyl groups excluding tert-OH is 3. The molecule has 1 aliphatic carbocycles. The summed E-state index contributed by atoms with van der Waals surface area (Å²) in [6, 6.07) is 0. The second-order valence-electron chi connectivity index (χ2n) is 2.61. The van der Waals surface area contributed by atoms with Gasteiger partial charge in [0.05, 0.1) is 0 Å². The SMILES string of the molecule is CC1(O)C(O)C(O)C1O. The Morgan fingerprint density at radius 3 is 1.56 bits per heavy atom. The van der Waals surface area contributed by atoms with Crippen molar-refractivity contribution in [2.24, 2.45) is 0 Å². The summed E-state index contributed by atoms with van der Waals surface area (Å²) < 4.78 is 0. The van der Waals surface area contributed by atoms with Crippen molar-refractivity contribution in [2.45, 2.75) is 30.8 Å². The fraction of sp³-hybridized carbons (Fsp3) is 1.00. The summed E-state index contributed by atoms with van der Waals surface area (Å²) in [6.45, 7) is 1.27. The summed E-state index contributed by atoms with van der Waals surface area (Å²) in [5, 5.41) is 35.1. The Bertz CT molecular complexity index is 110. The van der Waals surface area contributed by atoms with Crippen molar-refractivity contribution < 1.29 is 20.4 Å². The molecule has 54 valence electrons. The number of hydrogen-bond donors (Lipinski definition) is 4. The first-order valence-corrected chi connectivity index (χ1v) is 2.74. The van der Waals surface area contributed by atoms with Gasteiger partial charge in [-0.2, -0.15) is 0 Å². The molecule has 9 heavy (non-hydrogen) atoms. The minimum Gasteiger partial charge on any atom is -0.387 e. The monoisotopic (exact) mass is 134 g/mol. The van der Waals surface area contributed by atoms with Crippen LogP contribution < -0.4 is 0 Å². The average molecular weight is 134 g/mol. The van der Waals surface area contributed by atoms with Crippen molar-refractivity contribution in [3.8, 4) is 0 Å². The molecule has 0 aliphatic heterocycles. The maximum atomic E-state index is 8.96. The van der Waals surface area contributed by atoms with Gasteiger partial charge in [-0.3, -0.25) is 0 Å². The van der Waals surface area contributed by atoms with Gasteiger partial charge in [-0.15, -0.1) is 0 Å². The zero-order valence-corrected chi connectivity index (χ0v) is 5.02. The third-order valence-corrected chi connectivity index (χ3v) is 1.84. The number of rotatable bonds is 0. The molecule has 0 spiro atoms. The van der Waals surface area contributed by atoms with E-state index in [1.807, 2.05) is 0 Å². The van der Waals surface area contributed by atoms with Crippen molar-refractivity contribution in [2.75, 3.05) is 0 Å². The van der Waals surface area contributed by atoms with Crippen LogP contribution in [0.3, 0.4) is 0 Å². The maximum Gasteiger partial charge on any atom is 0.119 e. The van der Waals surface area contributed by atoms with E-state index in [1.165, 1.54) is 6.92 Å². The lowest BCUT2D eigenvalue weighted by atomic mass is 9.73. The molecule has 0 aromatic rings. The third-order valence-electron chi connectivity index (χ3n) is 1.84. The molecule has 2 atom stereocenters. The molecular formula is C5H10O4. The molecule has 1 saturated carbocycles. The van der Waals surface area contributed by atoms with Crippen LogP contribution in [-0.4, -0.2) is 44.3 Å². The zero-order valence-electron chi connectivity index (χ0n) is 5.02. The first kappa shape index (κ1) is 6.95. The highest BCUT2D eigenvalue weighted by atomic mass is 16.4. The van der Waals surface area contributed by atoms with Gasteiger partial charge in [0, 0.05) is 0 Å². The maximum absolute atomic E-state index is 8.96. The molecule has 0 amide bonds. The Kier molecular flexibility index (Phi) is 1.29. The largest absolute Gasteiger partial charge is 0.387 e. The summed E-state index contributed by atoms with van der Waals surface area (Å²) in [4.78, 5) is 0. The van der Waals surface area contributed by atoms with E-state index in [2.05, 4.69) is 0 Å². The van der Waals surface area contributed by atoms with Crippen LogP contribution >= 0.6 is 0 Å². The van der Waals surface area contributed by atoms with Gasteiger partial charge in [-0.05, 0) is 6.92 Å². The van der Waals surface area contributed by atoms with Crippen LogP contribution in [0.25, 0.3) is 0 Å². The second kappa shape index (κ2) is 1.67. The molecule has 1 fully saturated rings. The molecule has 0 aromatic heterocycles. The highest BCUT2D eigenvalue weighted by Gasteiger charge is 2.57. The zero-order chi connectivity index (χ0) is 7.23. The van der Waals surface area contributed by atoms with Gasteiger partial charge in [0.25, 0.3) is 0 Å². The molecule has 4 heteroatoms. The van der Waals surface area contributed by atoms with Crippen LogP contribution in [0.15, 0.2) is 0 Å². The predicted molar refractivity (Wildman–Crippen MR) is 28.6 cm³/mol. The van der Waals surface area contributed by atoms with Gasteiger partial charge in [-0.25, -0.2) is 0 Å². The van der Waals surface area contributed by atoms with Gasteiger partial charge in [-0.1, -0.05) is 0 Å². The van der Waals surface area contributed by atoms with Crippen LogP contribution in [0.1, 0.15) is 6.92 Å². The Morgan fingerprint density at radius 1 is 1.11 bits per heavy atom. The van der Waals surface area contributed by atoms with E-state index < -0.39 is 23.9 Å². The predicted octanol–water partition coefficient (Wildman–Crippen LogP) is -2.17. The van der Waals surface area contributed by atoms with Crippen molar-refractivity contribution in [3.05, 3.63) is 0 Å².